The van der Waals surface area contributed by atoms with Gasteiger partial charge in [0, 0.05) is 10.3 Å². The highest BCUT2D eigenvalue weighted by molar-refractivity contribution is 7.13. The van der Waals surface area contributed by atoms with Crippen LogP contribution in [0.2, 0.25) is 0 Å². The van der Waals surface area contributed by atoms with Crippen LogP contribution in [0, 0.1) is 6.92 Å². The van der Waals surface area contributed by atoms with Crippen LogP contribution in [-0.4, -0.2) is 0 Å². The largest absolute Gasteiger partial charge is 0.422 e. The third-order valence-electron chi connectivity index (χ3n) is 2.67. The van der Waals surface area contributed by atoms with Gasteiger partial charge in [-0.25, -0.2) is 4.79 Å². The van der Waals surface area contributed by atoms with Gasteiger partial charge in [-0.05, 0) is 36.6 Å². The van der Waals surface area contributed by atoms with Crippen molar-refractivity contribution >= 4 is 22.3 Å². The van der Waals surface area contributed by atoms with Gasteiger partial charge < -0.3 is 4.42 Å². The lowest BCUT2D eigenvalue weighted by atomic mass is 10.1. The van der Waals surface area contributed by atoms with Gasteiger partial charge in [-0.15, -0.1) is 11.3 Å². The predicted molar refractivity (Wildman–Crippen MR) is 70.5 cm³/mol. The number of hydrogen-bond acceptors (Lipinski definition) is 3. The maximum absolute atomic E-state index is 11.9. The molecule has 0 spiro atoms. The van der Waals surface area contributed by atoms with E-state index in [1.807, 2.05) is 48.7 Å². The monoisotopic (exact) mass is 242 g/mol. The zero-order chi connectivity index (χ0) is 11.8. The predicted octanol–water partition coefficient (Wildman–Crippen LogP) is 3.83. The number of fused-ring (bicyclic) bond motifs is 1. The number of rotatable bonds is 1. The molecule has 0 N–H and O–H groups in total. The molecule has 0 saturated carbocycles. The average molecular weight is 242 g/mol. The van der Waals surface area contributed by atoms with Crippen molar-refractivity contribution in [3.63, 3.8) is 0 Å². The summed E-state index contributed by atoms with van der Waals surface area (Å²) < 4.78 is 5.32. The smallest absolute Gasteiger partial charge is 0.345 e. The lowest BCUT2D eigenvalue weighted by Crippen LogP contribution is -2.01. The molecule has 0 aliphatic carbocycles. The second-order valence-electron chi connectivity index (χ2n) is 3.97. The van der Waals surface area contributed by atoms with Crippen LogP contribution in [0.1, 0.15) is 5.56 Å². The van der Waals surface area contributed by atoms with Crippen LogP contribution in [0.25, 0.3) is 21.4 Å². The van der Waals surface area contributed by atoms with E-state index in [9.17, 15) is 4.79 Å². The van der Waals surface area contributed by atoms with Crippen LogP contribution < -0.4 is 5.63 Å². The molecule has 0 unspecified atom stereocenters. The Morgan fingerprint density at radius 1 is 1.18 bits per heavy atom. The van der Waals surface area contributed by atoms with E-state index in [1.165, 1.54) is 0 Å². The fourth-order valence-electron chi connectivity index (χ4n) is 1.85. The van der Waals surface area contributed by atoms with E-state index < -0.39 is 0 Å². The normalized spacial score (nSPS) is 10.9. The van der Waals surface area contributed by atoms with Crippen LogP contribution in [-0.2, 0) is 0 Å². The van der Waals surface area contributed by atoms with Crippen LogP contribution in [0.3, 0.4) is 0 Å². The van der Waals surface area contributed by atoms with E-state index >= 15 is 0 Å². The number of hydrogen-bond donors (Lipinski definition) is 0. The molecule has 3 rings (SSSR count). The summed E-state index contributed by atoms with van der Waals surface area (Å²) in [6.45, 7) is 2.02. The zero-order valence-electron chi connectivity index (χ0n) is 9.27. The standard InChI is InChI=1S/C14H10O2S/c1-9-4-5-12-10(7-9)8-11(14(15)16-12)13-3-2-6-17-13/h2-8H,1H3. The molecule has 0 atom stereocenters. The number of thiophene rings is 1. The summed E-state index contributed by atoms with van der Waals surface area (Å²) in [6, 6.07) is 11.6. The third-order valence-corrected chi connectivity index (χ3v) is 3.58. The van der Waals surface area contributed by atoms with Crippen molar-refractivity contribution in [3.05, 3.63) is 57.8 Å². The Bertz CT molecular complexity index is 724. The van der Waals surface area contributed by atoms with Crippen molar-refractivity contribution in [2.45, 2.75) is 6.92 Å². The second kappa shape index (κ2) is 3.86. The first-order chi connectivity index (χ1) is 8.24. The van der Waals surface area contributed by atoms with Crippen LogP contribution in [0.4, 0.5) is 0 Å². The van der Waals surface area contributed by atoms with Gasteiger partial charge in [-0.2, -0.15) is 0 Å². The van der Waals surface area contributed by atoms with E-state index in [1.54, 1.807) is 11.3 Å². The molecule has 84 valence electrons. The highest BCUT2D eigenvalue weighted by Gasteiger charge is 2.08. The van der Waals surface area contributed by atoms with Gasteiger partial charge in [-0.1, -0.05) is 17.7 Å². The summed E-state index contributed by atoms with van der Waals surface area (Å²) >= 11 is 1.54. The Morgan fingerprint density at radius 2 is 2.06 bits per heavy atom. The average Bonchev–Trinajstić information content (AvgIpc) is 2.82. The Kier molecular flexibility index (Phi) is 2.34. The van der Waals surface area contributed by atoms with E-state index in [0.717, 1.165) is 15.8 Å². The summed E-state index contributed by atoms with van der Waals surface area (Å²) in [5.74, 6) is 0. The molecule has 3 aromatic rings. The summed E-state index contributed by atoms with van der Waals surface area (Å²) in [5, 5.41) is 2.92. The Hall–Kier alpha value is -1.87. The van der Waals surface area contributed by atoms with Crippen molar-refractivity contribution in [2.24, 2.45) is 0 Å². The van der Waals surface area contributed by atoms with Gasteiger partial charge in [-0.3, -0.25) is 0 Å². The molecule has 2 aromatic heterocycles. The highest BCUT2D eigenvalue weighted by Crippen LogP contribution is 2.25. The van der Waals surface area contributed by atoms with Crippen molar-refractivity contribution in [1.82, 2.24) is 0 Å². The first-order valence-corrected chi connectivity index (χ1v) is 6.20. The van der Waals surface area contributed by atoms with E-state index in [0.29, 0.717) is 11.1 Å². The molecule has 0 radical (unpaired) electrons. The minimum Gasteiger partial charge on any atom is -0.422 e. The quantitative estimate of drug-likeness (QED) is 0.607. The molecule has 17 heavy (non-hydrogen) atoms. The van der Waals surface area contributed by atoms with Gasteiger partial charge in [0.15, 0.2) is 0 Å². The maximum atomic E-state index is 11.9. The molecular weight excluding hydrogens is 232 g/mol. The molecule has 0 amide bonds. The Labute approximate surface area is 102 Å². The maximum Gasteiger partial charge on any atom is 0.345 e. The summed E-state index contributed by atoms with van der Waals surface area (Å²) in [4.78, 5) is 12.8. The molecule has 0 bridgehead atoms. The molecule has 0 aliphatic heterocycles. The SMILES string of the molecule is Cc1ccc2oc(=O)c(-c3cccs3)cc2c1. The van der Waals surface area contributed by atoms with Crippen molar-refractivity contribution in [3.8, 4) is 10.4 Å². The van der Waals surface area contributed by atoms with Gasteiger partial charge in [0.1, 0.15) is 5.58 Å². The highest BCUT2D eigenvalue weighted by atomic mass is 32.1. The number of aryl methyl sites for hydroxylation is 1. The van der Waals surface area contributed by atoms with Crippen molar-refractivity contribution in [2.75, 3.05) is 0 Å². The third kappa shape index (κ3) is 1.78. The van der Waals surface area contributed by atoms with Crippen LogP contribution in [0.15, 0.2) is 51.0 Å². The minimum absolute atomic E-state index is 0.274. The van der Waals surface area contributed by atoms with Crippen LogP contribution >= 0.6 is 11.3 Å². The second-order valence-corrected chi connectivity index (χ2v) is 4.91. The van der Waals surface area contributed by atoms with E-state index in [2.05, 4.69) is 0 Å². The lowest BCUT2D eigenvalue weighted by molar-refractivity contribution is 0.563. The molecule has 0 aliphatic rings. The van der Waals surface area contributed by atoms with Crippen molar-refractivity contribution in [1.29, 1.82) is 0 Å². The topological polar surface area (TPSA) is 30.2 Å². The first-order valence-electron chi connectivity index (χ1n) is 5.32. The van der Waals surface area contributed by atoms with Crippen LogP contribution in [0.5, 0.6) is 0 Å². The molecule has 0 saturated heterocycles. The lowest BCUT2D eigenvalue weighted by Gasteiger charge is -2.01. The van der Waals surface area contributed by atoms with E-state index in [-0.39, 0.29) is 5.63 Å². The van der Waals surface area contributed by atoms with E-state index in [4.69, 9.17) is 4.42 Å². The molecule has 2 nitrogen and oxygen atoms in total. The molecule has 3 heteroatoms. The number of benzene rings is 1. The first kappa shape index (κ1) is 10.3. The zero-order valence-corrected chi connectivity index (χ0v) is 10.1. The van der Waals surface area contributed by atoms with Gasteiger partial charge in [0.25, 0.3) is 0 Å². The summed E-state index contributed by atoms with van der Waals surface area (Å²) in [6.07, 6.45) is 0. The minimum atomic E-state index is -0.274. The molecule has 1 aromatic carbocycles. The van der Waals surface area contributed by atoms with Gasteiger partial charge in [0.2, 0.25) is 0 Å². The Balaban J connectivity index is 2.33. The summed E-state index contributed by atoms with van der Waals surface area (Å²) in [7, 11) is 0. The fourth-order valence-corrected chi connectivity index (χ4v) is 2.58. The molecule has 2 heterocycles. The Morgan fingerprint density at radius 3 is 2.82 bits per heavy atom. The van der Waals surface area contributed by atoms with Gasteiger partial charge >= 0.3 is 5.63 Å². The summed E-state index contributed by atoms with van der Waals surface area (Å²) in [5.41, 5.74) is 2.16. The molecule has 0 fully saturated rings. The van der Waals surface area contributed by atoms with Crippen molar-refractivity contribution < 1.29 is 4.42 Å². The van der Waals surface area contributed by atoms with Gasteiger partial charge in [0.05, 0.1) is 5.56 Å². The molecular formula is C14H10O2S. The fraction of sp³-hybridized carbons (Fsp3) is 0.0714.